The van der Waals surface area contributed by atoms with Crippen LogP contribution in [0.2, 0.25) is 5.02 Å². The van der Waals surface area contributed by atoms with Crippen molar-refractivity contribution in [2.24, 2.45) is 0 Å². The SMILES string of the molecule is CC(O)c1ccccc1NC(=O)c1ccc(Br)cc1Cl. The van der Waals surface area contributed by atoms with E-state index in [1.807, 2.05) is 6.07 Å². The van der Waals surface area contributed by atoms with Crippen LogP contribution in [0.25, 0.3) is 0 Å². The summed E-state index contributed by atoms with van der Waals surface area (Å²) in [4.78, 5) is 12.2. The average molecular weight is 355 g/mol. The predicted molar refractivity (Wildman–Crippen MR) is 84.2 cm³/mol. The normalized spacial score (nSPS) is 12.0. The Morgan fingerprint density at radius 2 is 2.00 bits per heavy atom. The number of para-hydroxylation sites is 1. The molecule has 0 aliphatic rings. The van der Waals surface area contributed by atoms with E-state index in [-0.39, 0.29) is 5.91 Å². The van der Waals surface area contributed by atoms with Crippen LogP contribution >= 0.6 is 27.5 Å². The molecule has 0 bridgehead atoms. The summed E-state index contributed by atoms with van der Waals surface area (Å²) in [6.45, 7) is 1.65. The number of benzene rings is 2. The van der Waals surface area contributed by atoms with Gasteiger partial charge >= 0.3 is 0 Å². The summed E-state index contributed by atoms with van der Waals surface area (Å²) in [6, 6.07) is 12.2. The van der Waals surface area contributed by atoms with Crippen LogP contribution in [0.3, 0.4) is 0 Å². The van der Waals surface area contributed by atoms with Crippen molar-refractivity contribution >= 4 is 39.1 Å². The molecule has 2 N–H and O–H groups in total. The smallest absolute Gasteiger partial charge is 0.257 e. The zero-order valence-corrected chi connectivity index (χ0v) is 13.1. The fourth-order valence-electron chi connectivity index (χ4n) is 1.84. The second-order valence-electron chi connectivity index (χ2n) is 4.34. The third kappa shape index (κ3) is 3.39. The topological polar surface area (TPSA) is 49.3 Å². The molecular formula is C15H13BrClNO2. The molecule has 2 rings (SSSR count). The Balaban J connectivity index is 2.28. The van der Waals surface area contributed by atoms with Crippen LogP contribution in [0.1, 0.15) is 28.9 Å². The van der Waals surface area contributed by atoms with Gasteiger partial charge < -0.3 is 10.4 Å². The number of halogens is 2. The fraction of sp³-hybridized carbons (Fsp3) is 0.133. The van der Waals surface area contributed by atoms with Gasteiger partial charge in [-0.3, -0.25) is 4.79 Å². The molecule has 1 unspecified atom stereocenters. The number of hydrogen-bond donors (Lipinski definition) is 2. The summed E-state index contributed by atoms with van der Waals surface area (Å²) < 4.78 is 0.809. The van der Waals surface area contributed by atoms with Crippen molar-refractivity contribution in [2.75, 3.05) is 5.32 Å². The molecule has 0 fully saturated rings. The van der Waals surface area contributed by atoms with Gasteiger partial charge in [-0.1, -0.05) is 45.7 Å². The van der Waals surface area contributed by atoms with E-state index in [9.17, 15) is 9.90 Å². The van der Waals surface area contributed by atoms with Gasteiger partial charge in [-0.05, 0) is 31.2 Å². The Morgan fingerprint density at radius 1 is 1.30 bits per heavy atom. The Kier molecular flexibility index (Phi) is 4.81. The number of nitrogens with one attached hydrogen (secondary N) is 1. The first-order valence-electron chi connectivity index (χ1n) is 6.02. The van der Waals surface area contributed by atoms with Crippen LogP contribution in [0, 0.1) is 0 Å². The minimum atomic E-state index is -0.660. The highest BCUT2D eigenvalue weighted by Crippen LogP contribution is 2.25. The molecule has 2 aromatic carbocycles. The number of hydrogen-bond acceptors (Lipinski definition) is 2. The number of amides is 1. The molecule has 5 heteroatoms. The van der Waals surface area contributed by atoms with Gasteiger partial charge in [-0.2, -0.15) is 0 Å². The van der Waals surface area contributed by atoms with E-state index in [1.165, 1.54) is 0 Å². The molecule has 0 saturated carbocycles. The number of carbonyl (C=O) groups is 1. The van der Waals surface area contributed by atoms with E-state index < -0.39 is 6.10 Å². The van der Waals surface area contributed by atoms with Crippen LogP contribution in [-0.4, -0.2) is 11.0 Å². The predicted octanol–water partition coefficient (Wildman–Crippen LogP) is 4.41. The average Bonchev–Trinajstić information content (AvgIpc) is 2.38. The number of aliphatic hydroxyl groups is 1. The first-order chi connectivity index (χ1) is 9.49. The maximum absolute atomic E-state index is 12.2. The molecular weight excluding hydrogens is 342 g/mol. The van der Waals surface area contributed by atoms with E-state index in [4.69, 9.17) is 11.6 Å². The minimum Gasteiger partial charge on any atom is -0.389 e. The largest absolute Gasteiger partial charge is 0.389 e. The van der Waals surface area contributed by atoms with E-state index in [2.05, 4.69) is 21.2 Å². The number of anilines is 1. The summed E-state index contributed by atoms with van der Waals surface area (Å²) >= 11 is 9.35. The highest BCUT2D eigenvalue weighted by Gasteiger charge is 2.14. The zero-order valence-electron chi connectivity index (χ0n) is 10.7. The van der Waals surface area contributed by atoms with Crippen molar-refractivity contribution < 1.29 is 9.90 Å². The summed E-state index contributed by atoms with van der Waals surface area (Å²) in [5.41, 5.74) is 1.62. The van der Waals surface area contributed by atoms with Crippen molar-refractivity contribution in [1.82, 2.24) is 0 Å². The van der Waals surface area contributed by atoms with Crippen LogP contribution < -0.4 is 5.32 Å². The van der Waals surface area contributed by atoms with Gasteiger partial charge in [0.25, 0.3) is 5.91 Å². The standard InChI is InChI=1S/C15H13BrClNO2/c1-9(19)11-4-2-3-5-14(11)18-15(20)12-7-6-10(16)8-13(12)17/h2-9,19H,1H3,(H,18,20). The molecule has 1 amide bonds. The molecule has 2 aromatic rings. The molecule has 0 saturated heterocycles. The van der Waals surface area contributed by atoms with Gasteiger partial charge in [0.2, 0.25) is 0 Å². The van der Waals surface area contributed by atoms with E-state index in [0.29, 0.717) is 21.8 Å². The van der Waals surface area contributed by atoms with E-state index in [0.717, 1.165) is 4.47 Å². The molecule has 0 aliphatic carbocycles. The Bertz CT molecular complexity index is 644. The maximum atomic E-state index is 12.2. The highest BCUT2D eigenvalue weighted by atomic mass is 79.9. The summed E-state index contributed by atoms with van der Waals surface area (Å²) in [5.74, 6) is -0.310. The number of rotatable bonds is 3. The Morgan fingerprint density at radius 3 is 2.65 bits per heavy atom. The van der Waals surface area contributed by atoms with Crippen LogP contribution in [0.4, 0.5) is 5.69 Å². The summed E-state index contributed by atoms with van der Waals surface area (Å²) in [7, 11) is 0. The Labute approximate surface area is 130 Å². The monoisotopic (exact) mass is 353 g/mol. The second-order valence-corrected chi connectivity index (χ2v) is 5.66. The van der Waals surface area contributed by atoms with Crippen LogP contribution in [0.15, 0.2) is 46.9 Å². The lowest BCUT2D eigenvalue weighted by Gasteiger charge is -2.13. The lowest BCUT2D eigenvalue weighted by atomic mass is 10.1. The summed E-state index contributed by atoms with van der Waals surface area (Å²) in [5, 5.41) is 12.8. The van der Waals surface area contributed by atoms with Crippen LogP contribution in [-0.2, 0) is 0 Å². The van der Waals surface area contributed by atoms with Crippen molar-refractivity contribution in [3.63, 3.8) is 0 Å². The van der Waals surface area contributed by atoms with Crippen molar-refractivity contribution in [3.05, 3.63) is 63.1 Å². The van der Waals surface area contributed by atoms with Gasteiger partial charge in [0.15, 0.2) is 0 Å². The van der Waals surface area contributed by atoms with Gasteiger partial charge in [-0.25, -0.2) is 0 Å². The fourth-order valence-corrected chi connectivity index (χ4v) is 2.60. The molecule has 0 radical (unpaired) electrons. The lowest BCUT2D eigenvalue weighted by Crippen LogP contribution is -2.14. The first-order valence-corrected chi connectivity index (χ1v) is 7.19. The third-order valence-electron chi connectivity index (χ3n) is 2.83. The van der Waals surface area contributed by atoms with Gasteiger partial charge in [-0.15, -0.1) is 0 Å². The third-order valence-corrected chi connectivity index (χ3v) is 3.64. The molecule has 0 aliphatic heterocycles. The number of carbonyl (C=O) groups excluding carboxylic acids is 1. The van der Waals surface area contributed by atoms with Gasteiger partial charge in [0.1, 0.15) is 0 Å². The highest BCUT2D eigenvalue weighted by molar-refractivity contribution is 9.10. The molecule has 20 heavy (non-hydrogen) atoms. The molecule has 0 spiro atoms. The Hall–Kier alpha value is -1.36. The lowest BCUT2D eigenvalue weighted by molar-refractivity contribution is 0.102. The molecule has 0 heterocycles. The molecule has 1 atom stereocenters. The molecule has 0 aromatic heterocycles. The first kappa shape index (κ1) is 15.0. The maximum Gasteiger partial charge on any atom is 0.257 e. The molecule has 3 nitrogen and oxygen atoms in total. The van der Waals surface area contributed by atoms with Crippen molar-refractivity contribution in [1.29, 1.82) is 0 Å². The summed E-state index contributed by atoms with van der Waals surface area (Å²) in [6.07, 6.45) is -0.660. The molecule has 104 valence electrons. The van der Waals surface area contributed by atoms with Crippen LogP contribution in [0.5, 0.6) is 0 Å². The minimum absolute atomic E-state index is 0.310. The second kappa shape index (κ2) is 6.39. The van der Waals surface area contributed by atoms with Crippen molar-refractivity contribution in [2.45, 2.75) is 13.0 Å². The van der Waals surface area contributed by atoms with E-state index >= 15 is 0 Å². The zero-order chi connectivity index (χ0) is 14.7. The van der Waals surface area contributed by atoms with Gasteiger partial charge in [0.05, 0.1) is 16.7 Å². The van der Waals surface area contributed by atoms with E-state index in [1.54, 1.807) is 43.3 Å². The van der Waals surface area contributed by atoms with Gasteiger partial charge in [0, 0.05) is 15.7 Å². The van der Waals surface area contributed by atoms with Crippen molar-refractivity contribution in [3.8, 4) is 0 Å². The quantitative estimate of drug-likeness (QED) is 0.858. The number of aliphatic hydroxyl groups excluding tert-OH is 1.